The van der Waals surface area contributed by atoms with Crippen LogP contribution in [0.5, 0.6) is 11.5 Å². The third kappa shape index (κ3) is 5.10. The molecule has 2 N–H and O–H groups in total. The fraction of sp³-hybridized carbons (Fsp3) is 0.176. The number of carbonyl (C=O) groups excluding carboxylic acids is 1. The maximum atomic E-state index is 11.8. The van der Waals surface area contributed by atoms with Crippen LogP contribution in [0.4, 0.5) is 0 Å². The van der Waals surface area contributed by atoms with Gasteiger partial charge in [0.05, 0.1) is 5.71 Å². The first-order valence-corrected chi connectivity index (χ1v) is 7.76. The van der Waals surface area contributed by atoms with Gasteiger partial charge >= 0.3 is 0 Å². The zero-order valence-electron chi connectivity index (χ0n) is 12.8. The van der Waals surface area contributed by atoms with Crippen LogP contribution in [0.25, 0.3) is 0 Å². The standard InChI is InChI=1S/C17H17BrN2O3/c1-11-8-15(6-7-16(11)18)23-10-17(22)20-19-12(2)13-4-3-5-14(21)9-13/h3-9,21H,10H2,1-2H3,(H,20,22)/b19-12-. The molecule has 0 aliphatic rings. The molecule has 0 aromatic heterocycles. The Morgan fingerprint density at radius 1 is 1.30 bits per heavy atom. The van der Waals surface area contributed by atoms with Gasteiger partial charge in [0.2, 0.25) is 0 Å². The Labute approximate surface area is 143 Å². The van der Waals surface area contributed by atoms with Crippen molar-refractivity contribution in [3.8, 4) is 11.5 Å². The minimum absolute atomic E-state index is 0.127. The Kier molecular flexibility index (Phi) is 5.76. The van der Waals surface area contributed by atoms with Crippen LogP contribution in [0.15, 0.2) is 52.0 Å². The van der Waals surface area contributed by atoms with Gasteiger partial charge in [0.1, 0.15) is 11.5 Å². The first kappa shape index (κ1) is 17.0. The van der Waals surface area contributed by atoms with Crippen LogP contribution in [0.1, 0.15) is 18.1 Å². The summed E-state index contributed by atoms with van der Waals surface area (Å²) in [5, 5.41) is 13.4. The van der Waals surface area contributed by atoms with Crippen LogP contribution in [0.3, 0.4) is 0 Å². The molecule has 23 heavy (non-hydrogen) atoms. The molecular formula is C17H17BrN2O3. The van der Waals surface area contributed by atoms with Gasteiger partial charge in [-0.3, -0.25) is 4.79 Å². The summed E-state index contributed by atoms with van der Waals surface area (Å²) in [5.41, 5.74) is 4.78. The van der Waals surface area contributed by atoms with Crippen LogP contribution < -0.4 is 10.2 Å². The lowest BCUT2D eigenvalue weighted by Gasteiger charge is -2.07. The molecule has 0 heterocycles. The summed E-state index contributed by atoms with van der Waals surface area (Å²) < 4.78 is 6.41. The number of amides is 1. The van der Waals surface area contributed by atoms with Crippen LogP contribution in [-0.2, 0) is 4.79 Å². The van der Waals surface area contributed by atoms with E-state index in [4.69, 9.17) is 4.74 Å². The number of benzene rings is 2. The van der Waals surface area contributed by atoms with E-state index < -0.39 is 0 Å². The highest BCUT2D eigenvalue weighted by atomic mass is 79.9. The predicted octanol–water partition coefficient (Wildman–Crippen LogP) is 3.38. The van der Waals surface area contributed by atoms with Crippen LogP contribution in [0, 0.1) is 6.92 Å². The van der Waals surface area contributed by atoms with Crippen molar-refractivity contribution in [1.29, 1.82) is 0 Å². The normalized spacial score (nSPS) is 11.2. The minimum Gasteiger partial charge on any atom is -0.508 e. The highest BCUT2D eigenvalue weighted by Gasteiger charge is 2.04. The van der Waals surface area contributed by atoms with Gasteiger partial charge in [-0.1, -0.05) is 28.1 Å². The van der Waals surface area contributed by atoms with Gasteiger partial charge in [0, 0.05) is 10.0 Å². The van der Waals surface area contributed by atoms with Crippen LogP contribution >= 0.6 is 15.9 Å². The number of phenols is 1. The first-order chi connectivity index (χ1) is 11.0. The van der Waals surface area contributed by atoms with Crippen molar-refractivity contribution in [2.24, 2.45) is 5.10 Å². The van der Waals surface area contributed by atoms with Crippen LogP contribution in [-0.4, -0.2) is 23.3 Å². The van der Waals surface area contributed by atoms with Crippen molar-refractivity contribution in [2.45, 2.75) is 13.8 Å². The second-order valence-electron chi connectivity index (χ2n) is 4.98. The predicted molar refractivity (Wildman–Crippen MR) is 92.8 cm³/mol. The Morgan fingerprint density at radius 2 is 2.09 bits per heavy atom. The molecule has 0 saturated carbocycles. The molecule has 0 fully saturated rings. The van der Waals surface area contributed by atoms with Crippen molar-refractivity contribution in [3.05, 3.63) is 58.1 Å². The number of phenolic OH excluding ortho intramolecular Hbond substituents is 1. The van der Waals surface area contributed by atoms with Gasteiger partial charge < -0.3 is 9.84 Å². The maximum absolute atomic E-state index is 11.8. The highest BCUT2D eigenvalue weighted by Crippen LogP contribution is 2.21. The quantitative estimate of drug-likeness (QED) is 0.620. The third-order valence-corrected chi connectivity index (χ3v) is 4.00. The summed E-state index contributed by atoms with van der Waals surface area (Å²) in [6.07, 6.45) is 0. The maximum Gasteiger partial charge on any atom is 0.277 e. The van der Waals surface area contributed by atoms with E-state index in [0.717, 1.165) is 15.6 Å². The number of aryl methyl sites for hydroxylation is 1. The zero-order chi connectivity index (χ0) is 16.8. The molecule has 0 atom stereocenters. The molecule has 0 saturated heterocycles. The Bertz CT molecular complexity index is 744. The van der Waals surface area contributed by atoms with Gasteiger partial charge in [-0.05, 0) is 49.7 Å². The summed E-state index contributed by atoms with van der Waals surface area (Å²) in [7, 11) is 0. The van der Waals surface area contributed by atoms with Crippen molar-refractivity contribution >= 4 is 27.5 Å². The van der Waals surface area contributed by atoms with Crippen LogP contribution in [0.2, 0.25) is 0 Å². The molecule has 5 nitrogen and oxygen atoms in total. The second-order valence-corrected chi connectivity index (χ2v) is 5.84. The minimum atomic E-state index is -0.356. The number of hydrogen-bond acceptors (Lipinski definition) is 4. The summed E-state index contributed by atoms with van der Waals surface area (Å²) in [6, 6.07) is 12.2. The first-order valence-electron chi connectivity index (χ1n) is 6.97. The summed E-state index contributed by atoms with van der Waals surface area (Å²) in [6.45, 7) is 3.56. The molecule has 0 aliphatic heterocycles. The van der Waals surface area contributed by atoms with Gasteiger partial charge in [-0.15, -0.1) is 0 Å². The Hall–Kier alpha value is -2.34. The second kappa shape index (κ2) is 7.78. The largest absolute Gasteiger partial charge is 0.508 e. The molecule has 2 aromatic carbocycles. The SMILES string of the molecule is C/C(=N/NC(=O)COc1ccc(Br)c(C)c1)c1cccc(O)c1. The smallest absolute Gasteiger partial charge is 0.277 e. The Balaban J connectivity index is 1.89. The number of nitrogens with zero attached hydrogens (tertiary/aromatic N) is 1. The number of hydrazone groups is 1. The van der Waals surface area contributed by atoms with E-state index in [0.29, 0.717) is 11.5 Å². The molecule has 0 spiro atoms. The van der Waals surface area contributed by atoms with Gasteiger partial charge in [-0.25, -0.2) is 5.43 Å². The molecule has 0 unspecified atom stereocenters. The number of halogens is 1. The van der Waals surface area contributed by atoms with Gasteiger partial charge in [0.15, 0.2) is 6.61 Å². The van der Waals surface area contributed by atoms with E-state index in [2.05, 4.69) is 26.5 Å². The average molecular weight is 377 g/mol. The van der Waals surface area contributed by atoms with E-state index >= 15 is 0 Å². The number of carbonyl (C=O) groups is 1. The molecule has 120 valence electrons. The molecule has 2 rings (SSSR count). The monoisotopic (exact) mass is 376 g/mol. The fourth-order valence-corrected chi connectivity index (χ4v) is 2.08. The third-order valence-electron chi connectivity index (χ3n) is 3.11. The number of ether oxygens (including phenoxy) is 1. The number of rotatable bonds is 5. The number of nitrogens with one attached hydrogen (secondary N) is 1. The van der Waals surface area contributed by atoms with Crippen molar-refractivity contribution in [2.75, 3.05) is 6.61 Å². The lowest BCUT2D eigenvalue weighted by molar-refractivity contribution is -0.123. The van der Waals surface area contributed by atoms with E-state index in [-0.39, 0.29) is 18.3 Å². The van der Waals surface area contributed by atoms with E-state index in [1.54, 1.807) is 37.3 Å². The lowest BCUT2D eigenvalue weighted by atomic mass is 10.1. The lowest BCUT2D eigenvalue weighted by Crippen LogP contribution is -2.25. The van der Waals surface area contributed by atoms with Crippen molar-refractivity contribution < 1.29 is 14.6 Å². The highest BCUT2D eigenvalue weighted by molar-refractivity contribution is 9.10. The number of aromatic hydroxyl groups is 1. The molecule has 0 bridgehead atoms. The molecule has 6 heteroatoms. The van der Waals surface area contributed by atoms with Crippen molar-refractivity contribution in [1.82, 2.24) is 5.43 Å². The van der Waals surface area contributed by atoms with E-state index in [1.807, 2.05) is 19.1 Å². The zero-order valence-corrected chi connectivity index (χ0v) is 14.4. The summed E-state index contributed by atoms with van der Waals surface area (Å²) >= 11 is 3.41. The van der Waals surface area contributed by atoms with E-state index in [1.165, 1.54) is 0 Å². The summed E-state index contributed by atoms with van der Waals surface area (Å²) in [5.74, 6) is 0.414. The molecule has 0 aliphatic carbocycles. The molecule has 2 aromatic rings. The molecule has 1 amide bonds. The molecular weight excluding hydrogens is 360 g/mol. The van der Waals surface area contributed by atoms with E-state index in [9.17, 15) is 9.90 Å². The molecule has 0 radical (unpaired) electrons. The average Bonchev–Trinajstić information content (AvgIpc) is 2.53. The van der Waals surface area contributed by atoms with Gasteiger partial charge in [-0.2, -0.15) is 5.10 Å². The number of hydrogen-bond donors (Lipinski definition) is 2. The van der Waals surface area contributed by atoms with Gasteiger partial charge in [0.25, 0.3) is 5.91 Å². The fourth-order valence-electron chi connectivity index (χ4n) is 1.83. The summed E-state index contributed by atoms with van der Waals surface area (Å²) in [4.78, 5) is 11.8. The Morgan fingerprint density at radius 3 is 2.78 bits per heavy atom. The topological polar surface area (TPSA) is 70.9 Å². The van der Waals surface area contributed by atoms with Crippen molar-refractivity contribution in [3.63, 3.8) is 0 Å².